The van der Waals surface area contributed by atoms with E-state index in [0.29, 0.717) is 18.9 Å². The topological polar surface area (TPSA) is 69.9 Å². The highest BCUT2D eigenvalue weighted by molar-refractivity contribution is 5.61. The summed E-state index contributed by atoms with van der Waals surface area (Å²) in [6, 6.07) is 2.02. The van der Waals surface area contributed by atoms with Crippen LogP contribution in [0.25, 0.3) is 0 Å². The Labute approximate surface area is 143 Å². The summed E-state index contributed by atoms with van der Waals surface area (Å²) in [5, 5.41) is 32.0. The van der Waals surface area contributed by atoms with Crippen LogP contribution in [-0.2, 0) is 10.2 Å². The van der Waals surface area contributed by atoms with Gasteiger partial charge in [0.15, 0.2) is 11.5 Å². The van der Waals surface area contributed by atoms with Crippen molar-refractivity contribution in [2.45, 2.75) is 70.5 Å². The van der Waals surface area contributed by atoms with Crippen molar-refractivity contribution in [2.75, 3.05) is 6.61 Å². The minimum absolute atomic E-state index is 0.00212. The first-order chi connectivity index (χ1) is 11.2. The van der Waals surface area contributed by atoms with Crippen molar-refractivity contribution in [2.24, 2.45) is 11.3 Å². The van der Waals surface area contributed by atoms with Crippen molar-refractivity contribution >= 4 is 0 Å². The van der Waals surface area contributed by atoms with Crippen molar-refractivity contribution in [3.8, 4) is 11.5 Å². The molecule has 1 saturated heterocycles. The molecule has 2 heterocycles. The molecule has 1 aromatic carbocycles. The van der Waals surface area contributed by atoms with E-state index in [1.807, 2.05) is 19.9 Å². The normalized spacial score (nSPS) is 36.5. The van der Waals surface area contributed by atoms with Crippen LogP contribution in [0.2, 0.25) is 0 Å². The minimum atomic E-state index is -0.409. The van der Waals surface area contributed by atoms with Gasteiger partial charge in [0.1, 0.15) is 0 Å². The third-order valence-corrected chi connectivity index (χ3v) is 6.76. The molecule has 2 fully saturated rings. The second-order valence-corrected chi connectivity index (χ2v) is 9.08. The fourth-order valence-electron chi connectivity index (χ4n) is 5.85. The maximum atomic E-state index is 10.9. The van der Waals surface area contributed by atoms with E-state index in [1.54, 1.807) is 0 Å². The standard InChI is InChI=1S/C20H28O4/c1-10(2)12-5-13-14-6-15-19(3,4)7-11(21)8-20(15,9-24-14)16(13)18(23)17(12)22/h5,10-11,14-15,21-23H,6-9H2,1-4H3/t11-,14?,15+,20-/m1/s1. The van der Waals surface area contributed by atoms with Crippen LogP contribution in [-0.4, -0.2) is 28.0 Å². The van der Waals surface area contributed by atoms with Crippen LogP contribution in [0, 0.1) is 11.3 Å². The fourth-order valence-corrected chi connectivity index (χ4v) is 5.85. The molecule has 4 nitrogen and oxygen atoms in total. The van der Waals surface area contributed by atoms with Gasteiger partial charge in [0.05, 0.1) is 18.8 Å². The van der Waals surface area contributed by atoms with Gasteiger partial charge in [-0.1, -0.05) is 27.7 Å². The average Bonchev–Trinajstić information content (AvgIpc) is 2.48. The fraction of sp³-hybridized carbons (Fsp3) is 0.700. The van der Waals surface area contributed by atoms with Crippen molar-refractivity contribution in [3.63, 3.8) is 0 Å². The van der Waals surface area contributed by atoms with Crippen molar-refractivity contribution in [3.05, 3.63) is 22.8 Å². The van der Waals surface area contributed by atoms with Crippen LogP contribution in [0.5, 0.6) is 11.5 Å². The van der Waals surface area contributed by atoms with Gasteiger partial charge >= 0.3 is 0 Å². The van der Waals surface area contributed by atoms with Gasteiger partial charge in [-0.25, -0.2) is 0 Å². The summed E-state index contributed by atoms with van der Waals surface area (Å²) in [6.45, 7) is 8.96. The van der Waals surface area contributed by atoms with E-state index >= 15 is 0 Å². The molecule has 1 spiro atoms. The molecule has 0 radical (unpaired) electrons. The predicted molar refractivity (Wildman–Crippen MR) is 91.4 cm³/mol. The highest BCUT2D eigenvalue weighted by Crippen LogP contribution is 2.65. The summed E-state index contributed by atoms with van der Waals surface area (Å²) < 4.78 is 6.13. The van der Waals surface area contributed by atoms with Gasteiger partial charge in [0.2, 0.25) is 0 Å². The Morgan fingerprint density at radius 3 is 2.54 bits per heavy atom. The number of aliphatic hydroxyl groups excluding tert-OH is 1. The van der Waals surface area contributed by atoms with E-state index in [2.05, 4.69) is 13.8 Å². The average molecular weight is 332 g/mol. The molecule has 5 rings (SSSR count). The number of aromatic hydroxyl groups is 2. The van der Waals surface area contributed by atoms with Crippen LogP contribution in [0.4, 0.5) is 0 Å². The van der Waals surface area contributed by atoms with E-state index in [1.165, 1.54) is 0 Å². The molecule has 3 N–H and O–H groups in total. The van der Waals surface area contributed by atoms with Gasteiger partial charge in [0, 0.05) is 16.5 Å². The molecule has 4 aliphatic rings. The van der Waals surface area contributed by atoms with Gasteiger partial charge in [-0.2, -0.15) is 0 Å². The van der Waals surface area contributed by atoms with Gasteiger partial charge in [0.25, 0.3) is 0 Å². The molecule has 2 bridgehead atoms. The summed E-state index contributed by atoms with van der Waals surface area (Å²) in [4.78, 5) is 0. The van der Waals surface area contributed by atoms with Crippen molar-refractivity contribution < 1.29 is 20.1 Å². The molecule has 1 unspecified atom stereocenters. The number of hydrogen-bond donors (Lipinski definition) is 3. The van der Waals surface area contributed by atoms with Crippen LogP contribution in [0.15, 0.2) is 6.07 Å². The molecule has 4 heteroatoms. The van der Waals surface area contributed by atoms with Gasteiger partial charge < -0.3 is 20.1 Å². The lowest BCUT2D eigenvalue weighted by Gasteiger charge is -2.61. The number of fused-ring (bicyclic) bond motifs is 1. The van der Waals surface area contributed by atoms with Gasteiger partial charge in [-0.3, -0.25) is 0 Å². The molecule has 24 heavy (non-hydrogen) atoms. The Balaban J connectivity index is 1.97. The summed E-state index contributed by atoms with van der Waals surface area (Å²) in [5.41, 5.74) is 2.20. The number of benzene rings is 1. The molecule has 0 amide bonds. The van der Waals surface area contributed by atoms with E-state index in [0.717, 1.165) is 29.5 Å². The Hall–Kier alpha value is -1.26. The lowest BCUT2D eigenvalue weighted by atomic mass is 9.47. The molecule has 2 aliphatic heterocycles. The number of phenolic OH excluding ortho intramolecular Hbond substituents is 2. The Morgan fingerprint density at radius 2 is 1.88 bits per heavy atom. The van der Waals surface area contributed by atoms with E-state index < -0.39 is 11.5 Å². The zero-order valence-corrected chi connectivity index (χ0v) is 15.0. The van der Waals surface area contributed by atoms with E-state index in [-0.39, 0.29) is 28.9 Å². The number of hydrogen-bond acceptors (Lipinski definition) is 4. The molecule has 1 aromatic rings. The first-order valence-electron chi connectivity index (χ1n) is 9.06. The molecule has 2 aliphatic carbocycles. The number of ether oxygens (including phenoxy) is 1. The van der Waals surface area contributed by atoms with Crippen LogP contribution < -0.4 is 0 Å². The lowest BCUT2D eigenvalue weighted by Crippen LogP contribution is -2.59. The Bertz CT molecular complexity index is 693. The molecule has 1 saturated carbocycles. The van der Waals surface area contributed by atoms with Crippen LogP contribution >= 0.6 is 0 Å². The largest absolute Gasteiger partial charge is 0.504 e. The first kappa shape index (κ1) is 16.2. The number of rotatable bonds is 1. The quantitative estimate of drug-likeness (QED) is 0.685. The zero-order chi connectivity index (χ0) is 17.4. The van der Waals surface area contributed by atoms with Crippen LogP contribution in [0.3, 0.4) is 0 Å². The summed E-state index contributed by atoms with van der Waals surface area (Å²) in [7, 11) is 0. The second-order valence-electron chi connectivity index (χ2n) is 9.08. The monoisotopic (exact) mass is 332 g/mol. The van der Waals surface area contributed by atoms with Crippen LogP contribution in [0.1, 0.15) is 75.7 Å². The summed E-state index contributed by atoms with van der Waals surface area (Å²) >= 11 is 0. The third-order valence-electron chi connectivity index (χ3n) is 6.76. The highest BCUT2D eigenvalue weighted by Gasteiger charge is 2.61. The summed E-state index contributed by atoms with van der Waals surface area (Å²) in [6.07, 6.45) is 1.86. The van der Waals surface area contributed by atoms with Crippen molar-refractivity contribution in [1.29, 1.82) is 0 Å². The molecule has 132 valence electrons. The SMILES string of the molecule is CC(C)c1cc2c(c(O)c1O)[C@]13COC2C[C@H]1C(C)(C)C[C@@H](O)C3. The molecule has 4 atom stereocenters. The number of phenols is 2. The Morgan fingerprint density at radius 1 is 1.17 bits per heavy atom. The maximum absolute atomic E-state index is 10.9. The van der Waals surface area contributed by atoms with Gasteiger partial charge in [-0.05, 0) is 48.1 Å². The van der Waals surface area contributed by atoms with Crippen molar-refractivity contribution in [1.82, 2.24) is 0 Å². The number of aliphatic hydroxyl groups is 1. The molecular formula is C20H28O4. The molecule has 0 aromatic heterocycles. The van der Waals surface area contributed by atoms with E-state index in [9.17, 15) is 15.3 Å². The maximum Gasteiger partial charge on any atom is 0.162 e. The lowest BCUT2D eigenvalue weighted by molar-refractivity contribution is -0.159. The molecular weight excluding hydrogens is 304 g/mol. The Kier molecular flexibility index (Phi) is 3.30. The predicted octanol–water partition coefficient (Wildman–Crippen LogP) is 3.73. The zero-order valence-electron chi connectivity index (χ0n) is 15.0. The minimum Gasteiger partial charge on any atom is -0.504 e. The van der Waals surface area contributed by atoms with Gasteiger partial charge in [-0.15, -0.1) is 0 Å². The smallest absolute Gasteiger partial charge is 0.162 e. The first-order valence-corrected chi connectivity index (χ1v) is 9.06. The third kappa shape index (κ3) is 1.93. The summed E-state index contributed by atoms with van der Waals surface area (Å²) in [5.74, 6) is 0.486. The highest BCUT2D eigenvalue weighted by atomic mass is 16.5. The second kappa shape index (κ2) is 4.89. The van der Waals surface area contributed by atoms with E-state index in [4.69, 9.17) is 4.74 Å².